The lowest BCUT2D eigenvalue weighted by atomic mass is 10.1. The number of hydrogen-bond acceptors (Lipinski definition) is 5. The number of nitrogens with zero attached hydrogens (tertiary/aromatic N) is 1. The molecule has 0 fully saturated rings. The number of unbranched alkanes of at least 4 members (excludes halogenated alkanes) is 2. The van der Waals surface area contributed by atoms with Crippen LogP contribution in [0.1, 0.15) is 50.8 Å². The van der Waals surface area contributed by atoms with Crippen molar-refractivity contribution in [3.63, 3.8) is 0 Å². The summed E-state index contributed by atoms with van der Waals surface area (Å²) in [6.45, 7) is 5.17. The first-order valence-electron chi connectivity index (χ1n) is 9.67. The second kappa shape index (κ2) is 8.58. The molecule has 0 amide bonds. The van der Waals surface area contributed by atoms with Gasteiger partial charge in [-0.2, -0.15) is 0 Å². The molecule has 3 rings (SSSR count). The van der Waals surface area contributed by atoms with Crippen LogP contribution in [0.2, 0.25) is 0 Å². The Morgan fingerprint density at radius 2 is 2.00 bits per heavy atom. The van der Waals surface area contributed by atoms with Gasteiger partial charge in [0.15, 0.2) is 11.5 Å². The highest BCUT2D eigenvalue weighted by Gasteiger charge is 2.21. The monoisotopic (exact) mass is 358 g/mol. The number of pyridine rings is 1. The lowest BCUT2D eigenvalue weighted by molar-refractivity contribution is 0.260. The highest BCUT2D eigenvalue weighted by atomic mass is 16.5. The first kappa shape index (κ1) is 18.8. The van der Waals surface area contributed by atoms with Gasteiger partial charge in [-0.05, 0) is 64.0 Å². The predicted molar refractivity (Wildman–Crippen MR) is 106 cm³/mol. The van der Waals surface area contributed by atoms with Crippen molar-refractivity contribution in [2.45, 2.75) is 58.4 Å². The molecule has 2 N–H and O–H groups in total. The van der Waals surface area contributed by atoms with E-state index < -0.39 is 0 Å². The van der Waals surface area contributed by atoms with Gasteiger partial charge in [-0.3, -0.25) is 4.98 Å². The van der Waals surface area contributed by atoms with Crippen molar-refractivity contribution in [2.75, 3.05) is 25.6 Å². The van der Waals surface area contributed by atoms with Gasteiger partial charge in [0.1, 0.15) is 0 Å². The summed E-state index contributed by atoms with van der Waals surface area (Å²) in [4.78, 5) is 4.91. The Bertz CT molecular complexity index is 759. The first-order valence-corrected chi connectivity index (χ1v) is 9.67. The largest absolute Gasteiger partial charge is 0.493 e. The van der Waals surface area contributed by atoms with Crippen LogP contribution in [0.25, 0.3) is 10.9 Å². The number of nitrogens with one attached hydrogen (secondary N) is 1. The first-order chi connectivity index (χ1) is 12.6. The van der Waals surface area contributed by atoms with E-state index in [1.54, 1.807) is 7.11 Å². The molecule has 1 aliphatic rings. The van der Waals surface area contributed by atoms with E-state index >= 15 is 0 Å². The Balaban J connectivity index is 1.95. The average Bonchev–Trinajstić information content (AvgIpc) is 3.08. The molecule has 0 unspecified atom stereocenters. The molecule has 1 aromatic carbocycles. The lowest BCUT2D eigenvalue weighted by Crippen LogP contribution is -2.12. The summed E-state index contributed by atoms with van der Waals surface area (Å²) in [6, 6.07) is 4.41. The summed E-state index contributed by atoms with van der Waals surface area (Å²) >= 11 is 0. The van der Waals surface area contributed by atoms with Crippen LogP contribution >= 0.6 is 0 Å². The lowest BCUT2D eigenvalue weighted by Gasteiger charge is -2.19. The molecule has 2 aromatic rings. The maximum absolute atomic E-state index is 8.87. The van der Waals surface area contributed by atoms with Crippen molar-refractivity contribution in [3.05, 3.63) is 23.4 Å². The number of aromatic nitrogens is 1. The highest BCUT2D eigenvalue weighted by molar-refractivity contribution is 5.96. The van der Waals surface area contributed by atoms with Gasteiger partial charge in [0.25, 0.3) is 0 Å². The van der Waals surface area contributed by atoms with E-state index in [0.29, 0.717) is 12.6 Å². The molecule has 1 aliphatic carbocycles. The van der Waals surface area contributed by atoms with Crippen molar-refractivity contribution in [2.24, 2.45) is 0 Å². The fraction of sp³-hybridized carbons (Fsp3) is 0.571. The van der Waals surface area contributed by atoms with Crippen molar-refractivity contribution >= 4 is 16.6 Å². The highest BCUT2D eigenvalue weighted by Crippen LogP contribution is 2.39. The van der Waals surface area contributed by atoms with Crippen LogP contribution < -0.4 is 14.8 Å². The van der Waals surface area contributed by atoms with Gasteiger partial charge in [0.2, 0.25) is 0 Å². The number of aliphatic hydroxyl groups is 1. The van der Waals surface area contributed by atoms with Crippen molar-refractivity contribution in [1.82, 2.24) is 4.98 Å². The van der Waals surface area contributed by atoms with E-state index in [1.807, 2.05) is 6.07 Å². The third kappa shape index (κ3) is 4.04. The van der Waals surface area contributed by atoms with Gasteiger partial charge in [-0.25, -0.2) is 0 Å². The fourth-order valence-corrected chi connectivity index (χ4v) is 3.57. The normalized spacial score (nSPS) is 13.3. The Labute approximate surface area is 155 Å². The third-order valence-corrected chi connectivity index (χ3v) is 4.79. The number of anilines is 1. The minimum atomic E-state index is 0.236. The predicted octanol–water partition coefficient (Wildman–Crippen LogP) is 4.09. The maximum atomic E-state index is 8.87. The number of ether oxygens (including phenoxy) is 2. The number of fused-ring (bicyclic) bond motifs is 2. The smallest absolute Gasteiger partial charge is 0.163 e. The van der Waals surface area contributed by atoms with E-state index in [-0.39, 0.29) is 6.61 Å². The van der Waals surface area contributed by atoms with Crippen molar-refractivity contribution in [3.8, 4) is 11.5 Å². The van der Waals surface area contributed by atoms with Crippen LogP contribution in [0.4, 0.5) is 5.69 Å². The van der Waals surface area contributed by atoms with Crippen LogP contribution in [0.5, 0.6) is 11.5 Å². The van der Waals surface area contributed by atoms with Crippen LogP contribution in [0.15, 0.2) is 12.1 Å². The van der Waals surface area contributed by atoms with Crippen molar-refractivity contribution < 1.29 is 14.6 Å². The number of aryl methyl sites for hydroxylation is 1. The molecule has 142 valence electrons. The van der Waals surface area contributed by atoms with Gasteiger partial charge in [-0.1, -0.05) is 0 Å². The van der Waals surface area contributed by atoms with Gasteiger partial charge in [-0.15, -0.1) is 0 Å². The Hall–Kier alpha value is -2.01. The molecule has 5 nitrogen and oxygen atoms in total. The zero-order valence-corrected chi connectivity index (χ0v) is 16.1. The summed E-state index contributed by atoms with van der Waals surface area (Å²) < 4.78 is 11.5. The molecule has 0 aliphatic heterocycles. The van der Waals surface area contributed by atoms with E-state index in [9.17, 15) is 0 Å². The standard InChI is InChI=1S/C21H30N2O3/c1-14(2)22-21-15-8-7-9-17(15)23-18-13-20(19(25-3)12-16(18)21)26-11-6-4-5-10-24/h12-14,24H,4-11H2,1-3H3,(H,22,23). The van der Waals surface area contributed by atoms with E-state index in [0.717, 1.165) is 60.9 Å². The topological polar surface area (TPSA) is 63.6 Å². The summed E-state index contributed by atoms with van der Waals surface area (Å²) in [5.41, 5.74) is 4.72. The summed E-state index contributed by atoms with van der Waals surface area (Å²) in [7, 11) is 1.68. The number of aliphatic hydroxyl groups excluding tert-OH is 1. The molecule has 1 aromatic heterocycles. The van der Waals surface area contributed by atoms with E-state index in [2.05, 4.69) is 25.2 Å². The zero-order valence-electron chi connectivity index (χ0n) is 16.1. The number of benzene rings is 1. The van der Waals surface area contributed by atoms with E-state index in [1.165, 1.54) is 16.9 Å². The average molecular weight is 358 g/mol. The van der Waals surface area contributed by atoms with Crippen LogP contribution in [-0.2, 0) is 12.8 Å². The quantitative estimate of drug-likeness (QED) is 0.661. The molecule has 1 heterocycles. The van der Waals surface area contributed by atoms with Crippen LogP contribution in [0.3, 0.4) is 0 Å². The molecule has 0 saturated carbocycles. The minimum absolute atomic E-state index is 0.236. The van der Waals surface area contributed by atoms with Gasteiger partial charge >= 0.3 is 0 Å². The van der Waals surface area contributed by atoms with Crippen LogP contribution in [0, 0.1) is 0 Å². The zero-order chi connectivity index (χ0) is 18.5. The molecule has 0 atom stereocenters. The van der Waals surface area contributed by atoms with Gasteiger partial charge in [0, 0.05) is 35.5 Å². The Morgan fingerprint density at radius 3 is 2.73 bits per heavy atom. The van der Waals surface area contributed by atoms with Crippen LogP contribution in [-0.4, -0.2) is 36.5 Å². The number of methoxy groups -OCH3 is 1. The SMILES string of the molecule is COc1cc2c(NC(C)C)c3c(nc2cc1OCCCCCO)CCC3. The Morgan fingerprint density at radius 1 is 1.15 bits per heavy atom. The third-order valence-electron chi connectivity index (χ3n) is 4.79. The Kier molecular flexibility index (Phi) is 6.20. The second-order valence-electron chi connectivity index (χ2n) is 7.22. The maximum Gasteiger partial charge on any atom is 0.163 e. The molecule has 0 radical (unpaired) electrons. The molecule has 26 heavy (non-hydrogen) atoms. The second-order valence-corrected chi connectivity index (χ2v) is 7.22. The summed E-state index contributed by atoms with van der Waals surface area (Å²) in [5.74, 6) is 1.48. The molecule has 0 spiro atoms. The van der Waals surface area contributed by atoms with E-state index in [4.69, 9.17) is 19.6 Å². The molecule has 0 bridgehead atoms. The van der Waals surface area contributed by atoms with Gasteiger partial charge in [0.05, 0.1) is 19.2 Å². The minimum Gasteiger partial charge on any atom is -0.493 e. The molecular formula is C21H30N2O3. The molecular weight excluding hydrogens is 328 g/mol. The summed E-state index contributed by atoms with van der Waals surface area (Å²) in [5, 5.41) is 13.6. The molecule has 0 saturated heterocycles. The summed E-state index contributed by atoms with van der Waals surface area (Å²) in [6.07, 6.45) is 5.98. The number of hydrogen-bond donors (Lipinski definition) is 2. The molecule has 5 heteroatoms. The van der Waals surface area contributed by atoms with Gasteiger partial charge < -0.3 is 19.9 Å². The van der Waals surface area contributed by atoms with Crippen molar-refractivity contribution in [1.29, 1.82) is 0 Å². The fourth-order valence-electron chi connectivity index (χ4n) is 3.57. The number of rotatable bonds is 9.